The van der Waals surface area contributed by atoms with Crippen LogP contribution in [0.1, 0.15) is 19.3 Å². The van der Waals surface area contributed by atoms with Crippen LogP contribution in [-0.4, -0.2) is 59.2 Å². The van der Waals surface area contributed by atoms with Gasteiger partial charge in [0.1, 0.15) is 6.10 Å². The Labute approximate surface area is 79.5 Å². The summed E-state index contributed by atoms with van der Waals surface area (Å²) < 4.78 is 0. The summed E-state index contributed by atoms with van der Waals surface area (Å²) in [6.45, 7) is 0. The predicted molar refractivity (Wildman–Crippen MR) is 41.4 cm³/mol. The molecule has 1 unspecified atom stereocenters. The molecule has 0 amide bonds. The smallest absolute Gasteiger partial charge is 0.276 e. The summed E-state index contributed by atoms with van der Waals surface area (Å²) in [6.07, 6.45) is -2.52. The Morgan fingerprint density at radius 3 is 1.93 bits per heavy atom. The molecule has 0 saturated heterocycles. The highest BCUT2D eigenvalue weighted by Gasteiger charge is 2.65. The van der Waals surface area contributed by atoms with Crippen LogP contribution >= 0.6 is 0 Å². The minimum Gasteiger partial charge on any atom is -0.387 e. The molecular weight excluding hydrogens is 196 g/mol. The molecular formula is C7H14O7. The van der Waals surface area contributed by atoms with Crippen molar-refractivity contribution in [3.8, 4) is 0 Å². The van der Waals surface area contributed by atoms with Gasteiger partial charge in [-0.25, -0.2) is 0 Å². The number of aliphatic hydroxyl groups excluding tert-OH is 1. The summed E-state index contributed by atoms with van der Waals surface area (Å²) in [5.41, 5.74) is 0. The first-order valence-corrected chi connectivity index (χ1v) is 4.15. The lowest BCUT2D eigenvalue weighted by atomic mass is 9.93. The van der Waals surface area contributed by atoms with Crippen LogP contribution in [-0.2, 0) is 0 Å². The lowest BCUT2D eigenvalue weighted by Crippen LogP contribution is -2.70. The Morgan fingerprint density at radius 2 is 1.43 bits per heavy atom. The van der Waals surface area contributed by atoms with Crippen molar-refractivity contribution in [2.75, 3.05) is 0 Å². The van der Waals surface area contributed by atoms with Crippen molar-refractivity contribution in [3.05, 3.63) is 0 Å². The molecule has 14 heavy (non-hydrogen) atoms. The molecule has 0 heterocycles. The lowest BCUT2D eigenvalue weighted by Gasteiger charge is -2.42. The summed E-state index contributed by atoms with van der Waals surface area (Å²) in [5.74, 6) is -10.1. The molecule has 7 nitrogen and oxygen atoms in total. The predicted octanol–water partition coefficient (Wildman–Crippen LogP) is -3.43. The fourth-order valence-electron chi connectivity index (χ4n) is 1.44. The molecule has 1 atom stereocenters. The lowest BCUT2D eigenvalue weighted by molar-refractivity contribution is -0.461. The van der Waals surface area contributed by atoms with Gasteiger partial charge < -0.3 is 35.7 Å². The van der Waals surface area contributed by atoms with E-state index >= 15 is 0 Å². The SMILES string of the molecule is OC1CCCC(O)(O)C(O)(O)C1(O)O. The number of hydrogen-bond acceptors (Lipinski definition) is 7. The van der Waals surface area contributed by atoms with Crippen molar-refractivity contribution in [2.45, 2.75) is 42.7 Å². The number of aliphatic hydroxyl groups is 7. The van der Waals surface area contributed by atoms with E-state index in [2.05, 4.69) is 0 Å². The second-order valence-corrected chi connectivity index (χ2v) is 3.62. The Kier molecular flexibility index (Phi) is 2.62. The number of rotatable bonds is 0. The standard InChI is InChI=1S/C7H14O7/c8-4-2-1-3-5(9,10)7(13,14)6(4,11)12/h4,8-14H,1-3H2. The molecule has 7 N–H and O–H groups in total. The molecule has 0 aromatic heterocycles. The molecule has 0 radical (unpaired) electrons. The van der Waals surface area contributed by atoms with Gasteiger partial charge in [-0.3, -0.25) is 0 Å². The third-order valence-corrected chi connectivity index (χ3v) is 2.54. The third-order valence-electron chi connectivity index (χ3n) is 2.54. The highest BCUT2D eigenvalue weighted by Crippen LogP contribution is 2.37. The van der Waals surface area contributed by atoms with Gasteiger partial charge in [0.2, 0.25) is 5.79 Å². The van der Waals surface area contributed by atoms with Crippen LogP contribution in [0.5, 0.6) is 0 Å². The van der Waals surface area contributed by atoms with Gasteiger partial charge in [0.25, 0.3) is 11.6 Å². The maximum absolute atomic E-state index is 9.18. The molecule has 1 aliphatic carbocycles. The largest absolute Gasteiger partial charge is 0.387 e. The molecule has 1 rings (SSSR count). The molecule has 0 aliphatic heterocycles. The van der Waals surface area contributed by atoms with Crippen LogP contribution in [0.4, 0.5) is 0 Å². The summed E-state index contributed by atoms with van der Waals surface area (Å²) in [7, 11) is 0. The van der Waals surface area contributed by atoms with Crippen LogP contribution < -0.4 is 0 Å². The quantitative estimate of drug-likeness (QED) is 0.163. The average molecular weight is 210 g/mol. The van der Waals surface area contributed by atoms with Gasteiger partial charge in [0, 0.05) is 6.42 Å². The minimum absolute atomic E-state index is 0.0138. The van der Waals surface area contributed by atoms with Crippen LogP contribution in [0.15, 0.2) is 0 Å². The van der Waals surface area contributed by atoms with E-state index in [4.69, 9.17) is 15.3 Å². The molecule has 1 saturated carbocycles. The first kappa shape index (κ1) is 11.8. The molecule has 7 heteroatoms. The van der Waals surface area contributed by atoms with E-state index in [0.29, 0.717) is 0 Å². The van der Waals surface area contributed by atoms with Crippen molar-refractivity contribution < 1.29 is 35.7 Å². The maximum Gasteiger partial charge on any atom is 0.276 e. The van der Waals surface area contributed by atoms with E-state index in [1.807, 2.05) is 0 Å². The van der Waals surface area contributed by atoms with Crippen LogP contribution in [0, 0.1) is 0 Å². The van der Waals surface area contributed by atoms with Gasteiger partial charge in [-0.1, -0.05) is 0 Å². The van der Waals surface area contributed by atoms with E-state index < -0.39 is 29.9 Å². The first-order chi connectivity index (χ1) is 6.13. The van der Waals surface area contributed by atoms with Gasteiger partial charge in [-0.05, 0) is 12.8 Å². The van der Waals surface area contributed by atoms with Crippen LogP contribution in [0.2, 0.25) is 0 Å². The second-order valence-electron chi connectivity index (χ2n) is 3.62. The zero-order valence-corrected chi connectivity index (χ0v) is 7.33. The molecule has 0 aromatic carbocycles. The van der Waals surface area contributed by atoms with Gasteiger partial charge >= 0.3 is 0 Å². The molecule has 0 aromatic rings. The van der Waals surface area contributed by atoms with E-state index in [-0.39, 0.29) is 12.8 Å². The van der Waals surface area contributed by atoms with Gasteiger partial charge in [0.05, 0.1) is 0 Å². The Balaban J connectivity index is 3.13. The zero-order chi connectivity index (χ0) is 11.2. The van der Waals surface area contributed by atoms with E-state index in [9.17, 15) is 20.4 Å². The summed E-state index contributed by atoms with van der Waals surface area (Å²) >= 11 is 0. The Hall–Kier alpha value is -0.280. The average Bonchev–Trinajstić information content (AvgIpc) is 2.05. The van der Waals surface area contributed by atoms with E-state index in [1.165, 1.54) is 0 Å². The molecule has 84 valence electrons. The monoisotopic (exact) mass is 210 g/mol. The minimum atomic E-state index is -3.60. The van der Waals surface area contributed by atoms with Gasteiger partial charge in [0.15, 0.2) is 0 Å². The molecule has 1 fully saturated rings. The number of hydrogen-bond donors (Lipinski definition) is 7. The van der Waals surface area contributed by atoms with E-state index in [0.717, 1.165) is 0 Å². The van der Waals surface area contributed by atoms with Crippen molar-refractivity contribution in [2.24, 2.45) is 0 Å². The van der Waals surface area contributed by atoms with Crippen molar-refractivity contribution in [1.82, 2.24) is 0 Å². The fraction of sp³-hybridized carbons (Fsp3) is 1.00. The third kappa shape index (κ3) is 1.43. The Morgan fingerprint density at radius 1 is 0.929 bits per heavy atom. The van der Waals surface area contributed by atoms with Gasteiger partial charge in [-0.2, -0.15) is 0 Å². The fourth-order valence-corrected chi connectivity index (χ4v) is 1.44. The van der Waals surface area contributed by atoms with Gasteiger partial charge in [-0.15, -0.1) is 0 Å². The highest BCUT2D eigenvalue weighted by atomic mass is 16.7. The van der Waals surface area contributed by atoms with E-state index in [1.54, 1.807) is 0 Å². The summed E-state index contributed by atoms with van der Waals surface area (Å²) in [5, 5.41) is 64.2. The topological polar surface area (TPSA) is 142 Å². The van der Waals surface area contributed by atoms with Crippen molar-refractivity contribution in [3.63, 3.8) is 0 Å². The Bertz CT molecular complexity index is 222. The zero-order valence-electron chi connectivity index (χ0n) is 7.33. The van der Waals surface area contributed by atoms with Crippen LogP contribution in [0.25, 0.3) is 0 Å². The second kappa shape index (κ2) is 3.11. The molecule has 1 aliphatic rings. The highest BCUT2D eigenvalue weighted by molar-refractivity contribution is 4.99. The molecule has 0 bridgehead atoms. The summed E-state index contributed by atoms with van der Waals surface area (Å²) in [4.78, 5) is 0. The molecule has 0 spiro atoms. The normalized spacial score (nSPS) is 34.9. The first-order valence-electron chi connectivity index (χ1n) is 4.15. The van der Waals surface area contributed by atoms with Crippen molar-refractivity contribution in [1.29, 1.82) is 0 Å². The van der Waals surface area contributed by atoms with Crippen molar-refractivity contribution >= 4 is 0 Å². The maximum atomic E-state index is 9.18. The summed E-state index contributed by atoms with van der Waals surface area (Å²) in [6, 6.07) is 0. The van der Waals surface area contributed by atoms with Crippen LogP contribution in [0.3, 0.4) is 0 Å².